The van der Waals surface area contributed by atoms with E-state index in [0.717, 1.165) is 11.3 Å². The van der Waals surface area contributed by atoms with Gasteiger partial charge in [-0.2, -0.15) is 4.80 Å². The van der Waals surface area contributed by atoms with Crippen molar-refractivity contribution in [1.82, 2.24) is 25.2 Å². The van der Waals surface area contributed by atoms with E-state index in [-0.39, 0.29) is 5.92 Å². The molecule has 0 amide bonds. The fraction of sp³-hybridized carbons (Fsp3) is 0.400. The predicted octanol–water partition coefficient (Wildman–Crippen LogP) is 0.658. The summed E-state index contributed by atoms with van der Waals surface area (Å²) in [4.78, 5) is 5.66. The Kier molecular flexibility index (Phi) is 3.35. The van der Waals surface area contributed by atoms with Gasteiger partial charge in [0.25, 0.3) is 0 Å². The average molecular weight is 253 g/mol. The van der Waals surface area contributed by atoms with Crippen LogP contribution in [-0.4, -0.2) is 31.7 Å². The Hall–Kier alpha value is -1.53. The molecule has 0 aliphatic heterocycles. The molecule has 1 atom stereocenters. The van der Waals surface area contributed by atoms with Crippen molar-refractivity contribution in [2.75, 3.05) is 6.54 Å². The van der Waals surface area contributed by atoms with E-state index >= 15 is 0 Å². The van der Waals surface area contributed by atoms with E-state index < -0.39 is 0 Å². The van der Waals surface area contributed by atoms with Crippen LogP contribution in [0.5, 0.6) is 0 Å². The van der Waals surface area contributed by atoms with Gasteiger partial charge in [-0.15, -0.1) is 10.2 Å². The van der Waals surface area contributed by atoms with Crippen molar-refractivity contribution in [2.45, 2.75) is 12.8 Å². The molecule has 2 aromatic rings. The standard InChI is InChI=1S/C10H13ClN6/c1-6-3-8(13-9(11)4-6)7(5-12)10-14-16-17(2)15-10/h3-4,7H,5,12H2,1-2H3. The number of hydrogen-bond acceptors (Lipinski definition) is 5. The quantitative estimate of drug-likeness (QED) is 0.812. The van der Waals surface area contributed by atoms with E-state index in [1.807, 2.05) is 13.0 Å². The largest absolute Gasteiger partial charge is 0.329 e. The van der Waals surface area contributed by atoms with Crippen molar-refractivity contribution in [1.29, 1.82) is 0 Å². The Morgan fingerprint density at radius 2 is 2.24 bits per heavy atom. The van der Waals surface area contributed by atoms with Crippen molar-refractivity contribution in [3.05, 3.63) is 34.4 Å². The van der Waals surface area contributed by atoms with Gasteiger partial charge >= 0.3 is 0 Å². The summed E-state index contributed by atoms with van der Waals surface area (Å²) in [5.41, 5.74) is 7.55. The molecule has 0 radical (unpaired) electrons. The number of halogens is 1. The molecule has 0 aromatic carbocycles. The van der Waals surface area contributed by atoms with E-state index in [9.17, 15) is 0 Å². The normalized spacial score (nSPS) is 12.7. The molecule has 2 rings (SSSR count). The molecule has 2 N–H and O–H groups in total. The van der Waals surface area contributed by atoms with Crippen LogP contribution in [0.4, 0.5) is 0 Å². The van der Waals surface area contributed by atoms with Crippen LogP contribution in [0.1, 0.15) is 23.0 Å². The third kappa shape index (κ3) is 2.59. The predicted molar refractivity (Wildman–Crippen MR) is 63.7 cm³/mol. The molecule has 6 nitrogen and oxygen atoms in total. The Labute approximate surface area is 104 Å². The zero-order valence-corrected chi connectivity index (χ0v) is 10.4. The molecular weight excluding hydrogens is 240 g/mol. The summed E-state index contributed by atoms with van der Waals surface area (Å²) in [6.45, 7) is 2.31. The maximum Gasteiger partial charge on any atom is 0.185 e. The molecule has 0 spiro atoms. The molecule has 0 fully saturated rings. The second-order valence-corrected chi connectivity index (χ2v) is 4.20. The molecule has 1 unspecified atom stereocenters. The molecule has 0 saturated heterocycles. The molecule has 7 heteroatoms. The van der Waals surface area contributed by atoms with E-state index in [1.165, 1.54) is 4.80 Å². The first-order valence-corrected chi connectivity index (χ1v) is 5.56. The zero-order valence-electron chi connectivity index (χ0n) is 9.63. The van der Waals surface area contributed by atoms with Crippen LogP contribution in [0, 0.1) is 6.92 Å². The second-order valence-electron chi connectivity index (χ2n) is 3.82. The zero-order chi connectivity index (χ0) is 12.4. The van der Waals surface area contributed by atoms with Crippen molar-refractivity contribution in [3.8, 4) is 0 Å². The fourth-order valence-electron chi connectivity index (χ4n) is 1.63. The second kappa shape index (κ2) is 4.77. The highest BCUT2D eigenvalue weighted by Gasteiger charge is 2.19. The van der Waals surface area contributed by atoms with Gasteiger partial charge in [-0.3, -0.25) is 0 Å². The monoisotopic (exact) mass is 252 g/mol. The van der Waals surface area contributed by atoms with Gasteiger partial charge < -0.3 is 5.73 Å². The highest BCUT2D eigenvalue weighted by molar-refractivity contribution is 6.29. The Morgan fingerprint density at radius 3 is 2.76 bits per heavy atom. The van der Waals surface area contributed by atoms with Crippen LogP contribution in [0.2, 0.25) is 5.15 Å². The molecule has 2 aromatic heterocycles. The lowest BCUT2D eigenvalue weighted by Crippen LogP contribution is -2.17. The number of rotatable bonds is 3. The molecule has 0 aliphatic carbocycles. The van der Waals surface area contributed by atoms with Gasteiger partial charge in [0.2, 0.25) is 0 Å². The lowest BCUT2D eigenvalue weighted by Gasteiger charge is -2.10. The van der Waals surface area contributed by atoms with Gasteiger partial charge in [0.05, 0.1) is 18.7 Å². The first-order valence-electron chi connectivity index (χ1n) is 5.18. The van der Waals surface area contributed by atoms with Crippen LogP contribution in [0.3, 0.4) is 0 Å². The minimum atomic E-state index is -0.180. The minimum Gasteiger partial charge on any atom is -0.329 e. The van der Waals surface area contributed by atoms with E-state index in [2.05, 4.69) is 20.4 Å². The van der Waals surface area contributed by atoms with Crippen LogP contribution in [0.25, 0.3) is 0 Å². The van der Waals surface area contributed by atoms with E-state index in [1.54, 1.807) is 13.1 Å². The number of nitrogens with two attached hydrogens (primary N) is 1. The van der Waals surface area contributed by atoms with Crippen molar-refractivity contribution >= 4 is 11.6 Å². The summed E-state index contributed by atoms with van der Waals surface area (Å²) in [7, 11) is 1.71. The van der Waals surface area contributed by atoms with Gasteiger partial charge in [-0.1, -0.05) is 11.6 Å². The van der Waals surface area contributed by atoms with E-state index in [4.69, 9.17) is 17.3 Å². The van der Waals surface area contributed by atoms with Crippen LogP contribution >= 0.6 is 11.6 Å². The fourth-order valence-corrected chi connectivity index (χ4v) is 1.90. The smallest absolute Gasteiger partial charge is 0.185 e. The highest BCUT2D eigenvalue weighted by atomic mass is 35.5. The van der Waals surface area contributed by atoms with Crippen molar-refractivity contribution < 1.29 is 0 Å². The number of hydrogen-bond donors (Lipinski definition) is 1. The Bertz CT molecular complexity index is 503. The maximum atomic E-state index is 5.93. The summed E-state index contributed by atoms with van der Waals surface area (Å²) in [6.07, 6.45) is 0. The summed E-state index contributed by atoms with van der Waals surface area (Å²) < 4.78 is 0. The number of pyridine rings is 1. The van der Waals surface area contributed by atoms with Crippen molar-refractivity contribution in [2.24, 2.45) is 12.8 Å². The summed E-state index contributed by atoms with van der Waals surface area (Å²) in [5, 5.41) is 12.4. The Morgan fingerprint density at radius 1 is 1.47 bits per heavy atom. The highest BCUT2D eigenvalue weighted by Crippen LogP contribution is 2.21. The van der Waals surface area contributed by atoms with Crippen molar-refractivity contribution in [3.63, 3.8) is 0 Å². The molecule has 0 saturated carbocycles. The lowest BCUT2D eigenvalue weighted by atomic mass is 10.0. The third-order valence-corrected chi connectivity index (χ3v) is 2.58. The van der Waals surface area contributed by atoms with Gasteiger partial charge in [-0.05, 0) is 29.8 Å². The summed E-state index contributed by atoms with van der Waals surface area (Å²) in [5.74, 6) is 0.380. The molecule has 90 valence electrons. The molecule has 2 heterocycles. The van der Waals surface area contributed by atoms with Gasteiger partial charge in [0, 0.05) is 6.54 Å². The maximum absolute atomic E-state index is 5.93. The van der Waals surface area contributed by atoms with Gasteiger partial charge in [0.15, 0.2) is 5.82 Å². The van der Waals surface area contributed by atoms with Crippen LogP contribution < -0.4 is 5.73 Å². The number of nitrogens with zero attached hydrogens (tertiary/aromatic N) is 5. The SMILES string of the molecule is Cc1cc(Cl)nc(C(CN)c2nnn(C)n2)c1. The number of aryl methyl sites for hydroxylation is 2. The number of tetrazole rings is 1. The average Bonchev–Trinajstić information content (AvgIpc) is 2.64. The first kappa shape index (κ1) is 11.9. The summed E-state index contributed by atoms with van der Waals surface area (Å²) >= 11 is 5.93. The summed E-state index contributed by atoms with van der Waals surface area (Å²) in [6, 6.07) is 3.72. The third-order valence-electron chi connectivity index (χ3n) is 2.39. The van der Waals surface area contributed by atoms with Gasteiger partial charge in [-0.25, -0.2) is 4.98 Å². The first-order chi connectivity index (χ1) is 8.10. The molecular formula is C10H13ClN6. The minimum absolute atomic E-state index is 0.180. The van der Waals surface area contributed by atoms with Crippen LogP contribution in [0.15, 0.2) is 12.1 Å². The molecule has 0 aliphatic rings. The Balaban J connectivity index is 2.41. The number of aromatic nitrogens is 5. The molecule has 17 heavy (non-hydrogen) atoms. The lowest BCUT2D eigenvalue weighted by molar-refractivity contribution is 0.623. The topological polar surface area (TPSA) is 82.5 Å². The van der Waals surface area contributed by atoms with E-state index in [0.29, 0.717) is 17.5 Å². The van der Waals surface area contributed by atoms with Gasteiger partial charge in [0.1, 0.15) is 5.15 Å². The molecule has 0 bridgehead atoms. The van der Waals surface area contributed by atoms with Crippen LogP contribution in [-0.2, 0) is 7.05 Å².